The van der Waals surface area contributed by atoms with Gasteiger partial charge in [-0.05, 0) is 50.9 Å². The molecule has 0 radical (unpaired) electrons. The molecule has 1 amide bonds. The van der Waals surface area contributed by atoms with Crippen molar-refractivity contribution in [2.24, 2.45) is 5.73 Å². The number of ether oxygens (including phenoxy) is 1. The summed E-state index contributed by atoms with van der Waals surface area (Å²) in [6.07, 6.45) is 2.22. The van der Waals surface area contributed by atoms with Crippen molar-refractivity contribution in [3.05, 3.63) is 23.8 Å². The monoisotopic (exact) mass is 248 g/mol. The Balaban J connectivity index is 2.27. The summed E-state index contributed by atoms with van der Waals surface area (Å²) in [6, 6.07) is 5.93. The number of rotatable bonds is 3. The largest absolute Gasteiger partial charge is 0.485 e. The van der Waals surface area contributed by atoms with E-state index in [0.29, 0.717) is 13.0 Å². The van der Waals surface area contributed by atoms with Crippen molar-refractivity contribution >= 4 is 11.6 Å². The van der Waals surface area contributed by atoms with Crippen LogP contribution in [-0.4, -0.2) is 18.1 Å². The lowest BCUT2D eigenvalue weighted by atomic mass is 10.1. The summed E-state index contributed by atoms with van der Waals surface area (Å²) in [5, 5.41) is 2.90. The van der Waals surface area contributed by atoms with Gasteiger partial charge in [-0.3, -0.25) is 4.79 Å². The summed E-state index contributed by atoms with van der Waals surface area (Å²) in [4.78, 5) is 11.8. The number of hydrogen-bond donors (Lipinski definition) is 2. The molecule has 0 spiro atoms. The molecule has 0 aliphatic carbocycles. The molecule has 0 unspecified atom stereocenters. The SMILES string of the molecule is CC1(C)CC(=O)Nc2cc(CCCN)ccc2O1. The van der Waals surface area contributed by atoms with Crippen molar-refractivity contribution in [1.29, 1.82) is 0 Å². The van der Waals surface area contributed by atoms with E-state index in [4.69, 9.17) is 10.5 Å². The molecule has 0 saturated heterocycles. The molecular weight excluding hydrogens is 228 g/mol. The Morgan fingerprint density at radius 3 is 2.94 bits per heavy atom. The van der Waals surface area contributed by atoms with Gasteiger partial charge in [-0.25, -0.2) is 0 Å². The fourth-order valence-corrected chi connectivity index (χ4v) is 2.14. The number of carbonyl (C=O) groups excluding carboxylic acids is 1. The fraction of sp³-hybridized carbons (Fsp3) is 0.500. The van der Waals surface area contributed by atoms with Gasteiger partial charge < -0.3 is 15.8 Å². The number of benzene rings is 1. The highest BCUT2D eigenvalue weighted by Crippen LogP contribution is 2.33. The van der Waals surface area contributed by atoms with Crippen LogP contribution in [0.25, 0.3) is 0 Å². The van der Waals surface area contributed by atoms with E-state index in [1.165, 1.54) is 5.56 Å². The fourth-order valence-electron chi connectivity index (χ4n) is 2.14. The standard InChI is InChI=1S/C14H20N2O2/c1-14(2)9-13(17)16-11-8-10(4-3-7-15)5-6-12(11)18-14/h5-6,8H,3-4,7,9,15H2,1-2H3,(H,16,17). The van der Waals surface area contributed by atoms with Gasteiger partial charge in [-0.2, -0.15) is 0 Å². The quantitative estimate of drug-likeness (QED) is 0.860. The van der Waals surface area contributed by atoms with Crippen LogP contribution in [0.3, 0.4) is 0 Å². The van der Waals surface area contributed by atoms with Gasteiger partial charge in [0.1, 0.15) is 11.4 Å². The Morgan fingerprint density at radius 1 is 1.44 bits per heavy atom. The minimum absolute atomic E-state index is 0.00488. The first kappa shape index (κ1) is 12.9. The number of nitrogens with one attached hydrogen (secondary N) is 1. The van der Waals surface area contributed by atoms with Crippen LogP contribution in [0.1, 0.15) is 32.3 Å². The summed E-state index contributed by atoms with van der Waals surface area (Å²) in [5.74, 6) is 0.733. The topological polar surface area (TPSA) is 64.4 Å². The van der Waals surface area contributed by atoms with E-state index >= 15 is 0 Å². The van der Waals surface area contributed by atoms with Gasteiger partial charge in [0.25, 0.3) is 0 Å². The normalized spacial score (nSPS) is 17.4. The first-order chi connectivity index (χ1) is 8.50. The number of fused-ring (bicyclic) bond motifs is 1. The van der Waals surface area contributed by atoms with Crippen molar-refractivity contribution in [1.82, 2.24) is 0 Å². The Bertz CT molecular complexity index is 455. The Kier molecular flexibility index (Phi) is 3.57. The number of hydrogen-bond acceptors (Lipinski definition) is 3. The Labute approximate surface area is 108 Å². The summed E-state index contributed by atoms with van der Waals surface area (Å²) in [5.41, 5.74) is 6.97. The van der Waals surface area contributed by atoms with Crippen LogP contribution in [0.15, 0.2) is 18.2 Å². The second-order valence-electron chi connectivity index (χ2n) is 5.31. The zero-order valence-corrected chi connectivity index (χ0v) is 11.0. The van der Waals surface area contributed by atoms with Gasteiger partial charge in [0.2, 0.25) is 5.91 Å². The minimum Gasteiger partial charge on any atom is -0.485 e. The number of anilines is 1. The van der Waals surface area contributed by atoms with E-state index in [1.54, 1.807) is 0 Å². The van der Waals surface area contributed by atoms with E-state index in [9.17, 15) is 4.79 Å². The highest BCUT2D eigenvalue weighted by molar-refractivity contribution is 5.93. The van der Waals surface area contributed by atoms with Gasteiger partial charge in [0.15, 0.2) is 0 Å². The zero-order chi connectivity index (χ0) is 13.2. The summed E-state index contributed by atoms with van der Waals surface area (Å²) in [6.45, 7) is 4.51. The van der Waals surface area contributed by atoms with E-state index < -0.39 is 5.60 Å². The van der Waals surface area contributed by atoms with Crippen molar-refractivity contribution in [3.8, 4) is 5.75 Å². The molecule has 1 aromatic carbocycles. The van der Waals surface area contributed by atoms with Crippen LogP contribution in [0.5, 0.6) is 5.75 Å². The van der Waals surface area contributed by atoms with Crippen LogP contribution in [0.2, 0.25) is 0 Å². The predicted molar refractivity (Wildman–Crippen MR) is 71.8 cm³/mol. The average molecular weight is 248 g/mol. The molecule has 0 fully saturated rings. The van der Waals surface area contributed by atoms with Crippen molar-refractivity contribution < 1.29 is 9.53 Å². The molecule has 4 heteroatoms. The molecule has 3 N–H and O–H groups in total. The summed E-state index contributed by atoms with van der Waals surface area (Å²) < 4.78 is 5.87. The van der Waals surface area contributed by atoms with Gasteiger partial charge in [-0.15, -0.1) is 0 Å². The van der Waals surface area contributed by atoms with Gasteiger partial charge >= 0.3 is 0 Å². The minimum atomic E-state index is -0.464. The van der Waals surface area contributed by atoms with Gasteiger partial charge in [0.05, 0.1) is 12.1 Å². The van der Waals surface area contributed by atoms with Crippen LogP contribution < -0.4 is 15.8 Å². The molecule has 1 aliphatic rings. The number of amides is 1. The van der Waals surface area contributed by atoms with Gasteiger partial charge in [0, 0.05) is 0 Å². The highest BCUT2D eigenvalue weighted by Gasteiger charge is 2.28. The van der Waals surface area contributed by atoms with E-state index in [1.807, 2.05) is 32.0 Å². The van der Waals surface area contributed by atoms with Crippen LogP contribution in [0, 0.1) is 0 Å². The third-order valence-electron chi connectivity index (χ3n) is 2.96. The number of aryl methyl sites for hydroxylation is 1. The molecule has 0 aromatic heterocycles. The molecule has 4 nitrogen and oxygen atoms in total. The molecule has 0 atom stereocenters. The van der Waals surface area contributed by atoms with Crippen LogP contribution >= 0.6 is 0 Å². The molecule has 98 valence electrons. The highest BCUT2D eigenvalue weighted by atomic mass is 16.5. The predicted octanol–water partition coefficient (Wildman–Crippen LogP) is 2.08. The zero-order valence-electron chi connectivity index (χ0n) is 11.0. The lowest BCUT2D eigenvalue weighted by Crippen LogP contribution is -2.30. The molecule has 0 bridgehead atoms. The Morgan fingerprint density at radius 2 is 2.22 bits per heavy atom. The number of nitrogens with two attached hydrogens (primary N) is 1. The van der Waals surface area contributed by atoms with E-state index in [-0.39, 0.29) is 5.91 Å². The molecule has 1 heterocycles. The second kappa shape index (κ2) is 4.98. The van der Waals surface area contributed by atoms with Crippen molar-refractivity contribution in [2.75, 3.05) is 11.9 Å². The lowest BCUT2D eigenvalue weighted by molar-refractivity contribution is -0.118. The molecule has 18 heavy (non-hydrogen) atoms. The van der Waals surface area contributed by atoms with E-state index in [0.717, 1.165) is 24.3 Å². The lowest BCUT2D eigenvalue weighted by Gasteiger charge is -2.23. The Hall–Kier alpha value is -1.55. The molecule has 0 saturated carbocycles. The average Bonchev–Trinajstić information content (AvgIpc) is 2.39. The third-order valence-corrected chi connectivity index (χ3v) is 2.96. The van der Waals surface area contributed by atoms with Crippen molar-refractivity contribution in [2.45, 2.75) is 38.7 Å². The third kappa shape index (κ3) is 3.01. The first-order valence-corrected chi connectivity index (χ1v) is 6.32. The first-order valence-electron chi connectivity index (χ1n) is 6.32. The van der Waals surface area contributed by atoms with Crippen molar-refractivity contribution in [3.63, 3.8) is 0 Å². The maximum atomic E-state index is 11.8. The maximum absolute atomic E-state index is 11.8. The molecule has 2 rings (SSSR count). The number of carbonyl (C=O) groups is 1. The second-order valence-corrected chi connectivity index (χ2v) is 5.31. The smallest absolute Gasteiger partial charge is 0.228 e. The molecular formula is C14H20N2O2. The van der Waals surface area contributed by atoms with Crippen LogP contribution in [-0.2, 0) is 11.2 Å². The molecule has 1 aliphatic heterocycles. The van der Waals surface area contributed by atoms with Gasteiger partial charge in [-0.1, -0.05) is 6.07 Å². The van der Waals surface area contributed by atoms with E-state index in [2.05, 4.69) is 5.32 Å². The van der Waals surface area contributed by atoms with Crippen LogP contribution in [0.4, 0.5) is 5.69 Å². The summed E-state index contributed by atoms with van der Waals surface area (Å²) in [7, 11) is 0. The maximum Gasteiger partial charge on any atom is 0.228 e. The summed E-state index contributed by atoms with van der Waals surface area (Å²) >= 11 is 0. The molecule has 1 aromatic rings.